The lowest BCUT2D eigenvalue weighted by Gasteiger charge is -2.24. The third-order valence-electron chi connectivity index (χ3n) is 15.5. The molecule has 10 heteroatoms. The lowest BCUT2D eigenvalue weighted by Crippen LogP contribution is -2.37. The average molecular weight is 1190 g/mol. The van der Waals surface area contributed by atoms with Gasteiger partial charge in [0.1, 0.15) is 19.8 Å². The number of phosphoric acid groups is 1. The summed E-state index contributed by atoms with van der Waals surface area (Å²) in [6, 6.07) is 0. The van der Waals surface area contributed by atoms with Crippen molar-refractivity contribution >= 4 is 19.8 Å². The molecule has 2 unspecified atom stereocenters. The second-order valence-corrected chi connectivity index (χ2v) is 26.4. The molecule has 0 amide bonds. The molecule has 9 nitrogen and oxygen atoms in total. The van der Waals surface area contributed by atoms with E-state index in [-0.39, 0.29) is 25.6 Å². The van der Waals surface area contributed by atoms with Crippen molar-refractivity contribution in [1.29, 1.82) is 0 Å². The van der Waals surface area contributed by atoms with Gasteiger partial charge in [0, 0.05) is 12.8 Å². The van der Waals surface area contributed by atoms with Crippen LogP contribution in [0.1, 0.15) is 328 Å². The van der Waals surface area contributed by atoms with Crippen molar-refractivity contribution < 1.29 is 42.1 Å². The van der Waals surface area contributed by atoms with Gasteiger partial charge < -0.3 is 18.9 Å². The summed E-state index contributed by atoms with van der Waals surface area (Å²) in [5.74, 6) is -0.790. The highest BCUT2D eigenvalue weighted by Gasteiger charge is 2.27. The first-order valence-electron chi connectivity index (χ1n) is 35.2. The second kappa shape index (κ2) is 63.9. The third kappa shape index (κ3) is 68.4. The Labute approximate surface area is 514 Å². The summed E-state index contributed by atoms with van der Waals surface area (Å²) in [6.45, 7) is 4.36. The van der Waals surface area contributed by atoms with Crippen molar-refractivity contribution in [2.75, 3.05) is 47.5 Å². The van der Waals surface area contributed by atoms with Crippen LogP contribution in [0.4, 0.5) is 0 Å². The van der Waals surface area contributed by atoms with Crippen LogP contribution < -0.4 is 0 Å². The molecule has 484 valence electrons. The van der Waals surface area contributed by atoms with Crippen LogP contribution in [-0.2, 0) is 32.7 Å². The highest BCUT2D eigenvalue weighted by Crippen LogP contribution is 2.43. The zero-order valence-corrected chi connectivity index (χ0v) is 56.1. The van der Waals surface area contributed by atoms with Crippen LogP contribution in [0.2, 0.25) is 0 Å². The Morgan fingerprint density at radius 1 is 0.386 bits per heavy atom. The topological polar surface area (TPSA) is 108 Å². The molecule has 0 radical (unpaired) electrons. The number of carbonyl (C=O) groups is 2. The molecule has 0 saturated carbocycles. The number of hydrogen-bond acceptors (Lipinski definition) is 7. The fourth-order valence-electron chi connectivity index (χ4n) is 10.1. The number of carbonyl (C=O) groups excluding carboxylic acids is 2. The minimum absolute atomic E-state index is 0.0299. The summed E-state index contributed by atoms with van der Waals surface area (Å²) in [7, 11) is 1.48. The van der Waals surface area contributed by atoms with E-state index in [2.05, 4.69) is 86.8 Å². The molecule has 0 aliphatic rings. The number of phosphoric ester groups is 1. The molecule has 0 aromatic rings. The van der Waals surface area contributed by atoms with Crippen molar-refractivity contribution in [3.63, 3.8) is 0 Å². The van der Waals surface area contributed by atoms with Crippen LogP contribution in [-0.4, -0.2) is 74.9 Å². The van der Waals surface area contributed by atoms with Gasteiger partial charge >= 0.3 is 19.8 Å². The van der Waals surface area contributed by atoms with E-state index < -0.39 is 26.5 Å². The summed E-state index contributed by atoms with van der Waals surface area (Å²) in [5.41, 5.74) is 0. The van der Waals surface area contributed by atoms with E-state index in [1.165, 1.54) is 212 Å². The number of ether oxygens (including phenoxy) is 2. The smallest absolute Gasteiger partial charge is 0.462 e. The fourth-order valence-corrected chi connectivity index (χ4v) is 10.9. The predicted octanol–water partition coefficient (Wildman–Crippen LogP) is 22.8. The number of rotatable bonds is 65. The van der Waals surface area contributed by atoms with Crippen LogP contribution in [0.25, 0.3) is 0 Å². The molecule has 1 N–H and O–H groups in total. The quantitative estimate of drug-likeness (QED) is 0.0211. The van der Waals surface area contributed by atoms with Gasteiger partial charge in [-0.05, 0) is 64.2 Å². The van der Waals surface area contributed by atoms with E-state index >= 15 is 0 Å². The standard InChI is InChI=1S/C73H134NO8P/c1-6-8-10-12-14-16-18-20-22-24-26-28-30-32-34-36-38-39-41-43-45-47-49-51-53-55-57-59-61-63-65-72(75)79-69-71(70-81-83(77,78)80-68-67-74(3,4)5)82-73(76)66-64-62-60-58-56-54-52-50-48-46-44-42-40-37-35-33-31-29-27-25-23-21-19-17-15-13-11-9-7-2/h9,11,15,17,21,23,27,29,33,35,40,42,71H,6-8,10,12-14,16,18-20,22,24-26,28,30-32,34,36-39,41,43-70H2,1-5H3/p+1/b11-9-,17-15-,23-21-,29-27-,35-33-,42-40-. The molecule has 83 heavy (non-hydrogen) atoms. The van der Waals surface area contributed by atoms with Crippen LogP contribution in [0.3, 0.4) is 0 Å². The summed E-state index contributed by atoms with van der Waals surface area (Å²) in [6.07, 6.45) is 85.8. The highest BCUT2D eigenvalue weighted by atomic mass is 31.2. The zero-order valence-electron chi connectivity index (χ0n) is 55.2. The van der Waals surface area contributed by atoms with Crippen LogP contribution >= 0.6 is 7.82 Å². The van der Waals surface area contributed by atoms with Crippen LogP contribution in [0, 0.1) is 0 Å². The Morgan fingerprint density at radius 3 is 1.02 bits per heavy atom. The fraction of sp³-hybridized carbons (Fsp3) is 0.808. The van der Waals surface area contributed by atoms with Crippen molar-refractivity contribution in [1.82, 2.24) is 0 Å². The van der Waals surface area contributed by atoms with Gasteiger partial charge in [0.05, 0.1) is 27.7 Å². The van der Waals surface area contributed by atoms with Crippen LogP contribution in [0.5, 0.6) is 0 Å². The largest absolute Gasteiger partial charge is 0.472 e. The van der Waals surface area contributed by atoms with E-state index in [9.17, 15) is 19.0 Å². The second-order valence-electron chi connectivity index (χ2n) is 24.9. The average Bonchev–Trinajstić information content (AvgIpc) is 3.49. The summed E-state index contributed by atoms with van der Waals surface area (Å²) in [5, 5.41) is 0. The third-order valence-corrected chi connectivity index (χ3v) is 16.5. The first kappa shape index (κ1) is 80.5. The van der Waals surface area contributed by atoms with Gasteiger partial charge in [0.2, 0.25) is 0 Å². The lowest BCUT2D eigenvalue weighted by atomic mass is 10.0. The number of nitrogens with zero attached hydrogens (tertiary/aromatic N) is 1. The normalized spacial score (nSPS) is 13.6. The number of allylic oxidation sites excluding steroid dienone is 12. The van der Waals surface area contributed by atoms with Crippen LogP contribution in [0.15, 0.2) is 72.9 Å². The van der Waals surface area contributed by atoms with E-state index in [0.29, 0.717) is 23.9 Å². The van der Waals surface area contributed by atoms with Crippen molar-refractivity contribution in [3.05, 3.63) is 72.9 Å². The first-order valence-corrected chi connectivity index (χ1v) is 36.7. The summed E-state index contributed by atoms with van der Waals surface area (Å²) < 4.78 is 34.7. The van der Waals surface area contributed by atoms with Gasteiger partial charge in [-0.3, -0.25) is 18.6 Å². The minimum Gasteiger partial charge on any atom is -0.462 e. The molecule has 2 atom stereocenters. The van der Waals surface area contributed by atoms with Gasteiger partial charge in [-0.1, -0.05) is 324 Å². The monoisotopic (exact) mass is 1180 g/mol. The van der Waals surface area contributed by atoms with Gasteiger partial charge in [-0.25, -0.2) is 4.57 Å². The maximum absolute atomic E-state index is 12.9. The molecule has 0 heterocycles. The zero-order chi connectivity index (χ0) is 60.5. The Kier molecular flexibility index (Phi) is 62.0. The number of unbranched alkanes of at least 4 members (excludes halogenated alkanes) is 39. The summed E-state index contributed by atoms with van der Waals surface area (Å²) >= 11 is 0. The molecule has 0 bridgehead atoms. The molecule has 0 saturated heterocycles. The molecule has 0 rings (SSSR count). The van der Waals surface area contributed by atoms with E-state index in [4.69, 9.17) is 18.5 Å². The molecular weight excluding hydrogens is 1050 g/mol. The van der Waals surface area contributed by atoms with Gasteiger partial charge in [0.15, 0.2) is 6.10 Å². The van der Waals surface area contributed by atoms with Gasteiger partial charge in [-0.15, -0.1) is 0 Å². The Balaban J connectivity index is 4.04. The lowest BCUT2D eigenvalue weighted by molar-refractivity contribution is -0.870. The summed E-state index contributed by atoms with van der Waals surface area (Å²) in [4.78, 5) is 35.9. The highest BCUT2D eigenvalue weighted by molar-refractivity contribution is 7.47. The first-order chi connectivity index (χ1) is 40.5. The molecular formula is C73H135NO8P+. The van der Waals surface area contributed by atoms with Crippen molar-refractivity contribution in [3.8, 4) is 0 Å². The van der Waals surface area contributed by atoms with E-state index in [0.717, 1.165) is 83.5 Å². The molecule has 0 aromatic heterocycles. The minimum atomic E-state index is -4.39. The number of esters is 2. The van der Waals surface area contributed by atoms with Crippen molar-refractivity contribution in [2.24, 2.45) is 0 Å². The SMILES string of the molecule is CC/C=C\C/C=C\C/C=C\C/C=C\C/C=C\C/C=C\CCCCCCCCCCCCC(=O)OC(COC(=O)CCCCCCCCCCCCCCCCCCCCCCCCCCCCCCCC)COP(=O)(O)OCC[N+](C)(C)C. The molecule has 0 aliphatic heterocycles. The Morgan fingerprint density at radius 2 is 0.687 bits per heavy atom. The predicted molar refractivity (Wildman–Crippen MR) is 358 cm³/mol. The van der Waals surface area contributed by atoms with E-state index in [1.54, 1.807) is 0 Å². The van der Waals surface area contributed by atoms with E-state index in [1.807, 2.05) is 21.1 Å². The Bertz CT molecular complexity index is 1630. The molecule has 0 fully saturated rings. The van der Waals surface area contributed by atoms with Gasteiger partial charge in [-0.2, -0.15) is 0 Å². The number of quaternary nitrogens is 1. The van der Waals surface area contributed by atoms with Gasteiger partial charge in [0.25, 0.3) is 0 Å². The Hall–Kier alpha value is -2.55. The maximum atomic E-state index is 12.9. The maximum Gasteiger partial charge on any atom is 0.472 e. The molecule has 0 spiro atoms. The number of hydrogen-bond donors (Lipinski definition) is 1. The molecule has 0 aromatic carbocycles. The van der Waals surface area contributed by atoms with Crippen molar-refractivity contribution in [2.45, 2.75) is 335 Å². The molecule has 0 aliphatic carbocycles. The number of likely N-dealkylation sites (N-methyl/N-ethyl adjacent to an activating group) is 1.